The van der Waals surface area contributed by atoms with Crippen molar-refractivity contribution >= 4 is 5.78 Å². The second kappa shape index (κ2) is 4.66. The van der Waals surface area contributed by atoms with Crippen LogP contribution in [0.4, 0.5) is 0 Å². The van der Waals surface area contributed by atoms with Gasteiger partial charge in [0.2, 0.25) is 0 Å². The maximum atomic E-state index is 12.0. The van der Waals surface area contributed by atoms with Gasteiger partial charge < -0.3 is 9.84 Å². The van der Waals surface area contributed by atoms with Crippen molar-refractivity contribution in [3.05, 3.63) is 29.3 Å². The fourth-order valence-electron chi connectivity index (χ4n) is 1.47. The minimum absolute atomic E-state index is 0.241. The number of ether oxygens (including phenoxy) is 1. The maximum Gasteiger partial charge on any atom is 0.194 e. The fourth-order valence-corrected chi connectivity index (χ4v) is 1.47. The summed E-state index contributed by atoms with van der Waals surface area (Å²) in [6.45, 7) is 5.16. The van der Waals surface area contributed by atoms with Gasteiger partial charge in [0.1, 0.15) is 11.4 Å². The second-order valence-electron chi connectivity index (χ2n) is 4.14. The highest BCUT2D eigenvalue weighted by molar-refractivity contribution is 6.03. The van der Waals surface area contributed by atoms with Crippen LogP contribution < -0.4 is 4.74 Å². The molecule has 1 aromatic rings. The number of benzene rings is 1. The molecular formula is C13H18O3. The first-order valence-corrected chi connectivity index (χ1v) is 5.34. The lowest BCUT2D eigenvalue weighted by Gasteiger charge is -2.20. The molecule has 1 atom stereocenters. The zero-order chi connectivity index (χ0) is 12.3. The molecule has 1 unspecified atom stereocenters. The third-order valence-corrected chi connectivity index (χ3v) is 2.86. The third-order valence-electron chi connectivity index (χ3n) is 2.86. The molecule has 0 heterocycles. The molecule has 0 amide bonds. The van der Waals surface area contributed by atoms with Crippen molar-refractivity contribution in [3.63, 3.8) is 0 Å². The van der Waals surface area contributed by atoms with Gasteiger partial charge in [-0.2, -0.15) is 0 Å². The number of aryl methyl sites for hydroxylation is 1. The van der Waals surface area contributed by atoms with Crippen molar-refractivity contribution in [2.24, 2.45) is 0 Å². The molecule has 0 aliphatic carbocycles. The summed E-state index contributed by atoms with van der Waals surface area (Å²) >= 11 is 0. The average molecular weight is 222 g/mol. The Labute approximate surface area is 96.1 Å². The lowest BCUT2D eigenvalue weighted by molar-refractivity contribution is 0.0390. The molecule has 0 spiro atoms. The highest BCUT2D eigenvalue weighted by Crippen LogP contribution is 2.22. The predicted octanol–water partition coefficient (Wildman–Crippen LogP) is 2.35. The van der Waals surface area contributed by atoms with Crippen molar-refractivity contribution in [2.45, 2.75) is 32.8 Å². The van der Waals surface area contributed by atoms with Crippen molar-refractivity contribution in [1.29, 1.82) is 0 Å². The zero-order valence-corrected chi connectivity index (χ0v) is 10.2. The quantitative estimate of drug-likeness (QED) is 0.795. The maximum absolute atomic E-state index is 12.0. The van der Waals surface area contributed by atoms with Crippen molar-refractivity contribution in [3.8, 4) is 5.75 Å². The SMILES string of the molecule is CCC(C)(O)C(=O)c1ccc(OC)cc1C. The molecule has 1 aromatic carbocycles. The van der Waals surface area contributed by atoms with Gasteiger partial charge in [-0.1, -0.05) is 6.92 Å². The third kappa shape index (κ3) is 2.42. The fraction of sp³-hybridized carbons (Fsp3) is 0.462. The molecule has 3 heteroatoms. The molecule has 0 saturated carbocycles. The monoisotopic (exact) mass is 222 g/mol. The van der Waals surface area contributed by atoms with Crippen LogP contribution in [0.25, 0.3) is 0 Å². The smallest absolute Gasteiger partial charge is 0.194 e. The Bertz CT molecular complexity index is 394. The first-order chi connectivity index (χ1) is 7.42. The molecular weight excluding hydrogens is 204 g/mol. The Morgan fingerprint density at radius 3 is 2.56 bits per heavy atom. The predicted molar refractivity (Wildman–Crippen MR) is 63.0 cm³/mol. The van der Waals surface area contributed by atoms with Gasteiger partial charge in [-0.3, -0.25) is 4.79 Å². The van der Waals surface area contributed by atoms with E-state index in [9.17, 15) is 9.90 Å². The second-order valence-corrected chi connectivity index (χ2v) is 4.14. The van der Waals surface area contributed by atoms with E-state index in [2.05, 4.69) is 0 Å². The first-order valence-electron chi connectivity index (χ1n) is 5.34. The largest absolute Gasteiger partial charge is 0.497 e. The molecule has 1 rings (SSSR count). The van der Waals surface area contributed by atoms with Crippen LogP contribution in [-0.4, -0.2) is 23.6 Å². The van der Waals surface area contributed by atoms with Gasteiger partial charge >= 0.3 is 0 Å². The molecule has 0 aliphatic rings. The molecule has 0 fully saturated rings. The number of carbonyl (C=O) groups excluding carboxylic acids is 1. The van der Waals surface area contributed by atoms with Crippen LogP contribution in [0.3, 0.4) is 0 Å². The summed E-state index contributed by atoms with van der Waals surface area (Å²) in [5.41, 5.74) is 0.0741. The van der Waals surface area contributed by atoms with E-state index in [0.29, 0.717) is 17.7 Å². The standard InChI is InChI=1S/C13H18O3/c1-5-13(3,15)12(14)11-7-6-10(16-4)8-9(11)2/h6-8,15H,5H2,1-4H3. The van der Waals surface area contributed by atoms with Gasteiger partial charge in [-0.05, 0) is 44.0 Å². The van der Waals surface area contributed by atoms with E-state index in [-0.39, 0.29) is 5.78 Å². The van der Waals surface area contributed by atoms with Crippen LogP contribution in [0.2, 0.25) is 0 Å². The summed E-state index contributed by atoms with van der Waals surface area (Å²) in [4.78, 5) is 12.0. The Balaban J connectivity index is 3.10. The molecule has 0 radical (unpaired) electrons. The van der Waals surface area contributed by atoms with Crippen LogP contribution in [0.15, 0.2) is 18.2 Å². The number of ketones is 1. The van der Waals surface area contributed by atoms with Gasteiger partial charge in [-0.15, -0.1) is 0 Å². The summed E-state index contributed by atoms with van der Waals surface area (Å²) in [6, 6.07) is 5.21. The lowest BCUT2D eigenvalue weighted by Crippen LogP contribution is -2.34. The molecule has 0 aromatic heterocycles. The Morgan fingerprint density at radius 2 is 2.12 bits per heavy atom. The molecule has 1 N–H and O–H groups in total. The number of carbonyl (C=O) groups is 1. The van der Waals surface area contributed by atoms with E-state index in [4.69, 9.17) is 4.74 Å². The number of aliphatic hydroxyl groups is 1. The number of Topliss-reactive ketones (excluding diaryl/α,β-unsaturated/α-hetero) is 1. The normalized spacial score (nSPS) is 14.3. The number of methoxy groups -OCH3 is 1. The van der Waals surface area contributed by atoms with Crippen LogP contribution in [0, 0.1) is 6.92 Å². The van der Waals surface area contributed by atoms with Crippen LogP contribution >= 0.6 is 0 Å². The Kier molecular flexibility index (Phi) is 3.70. The van der Waals surface area contributed by atoms with E-state index >= 15 is 0 Å². The van der Waals surface area contributed by atoms with Gasteiger partial charge in [0.05, 0.1) is 7.11 Å². The number of rotatable bonds is 4. The van der Waals surface area contributed by atoms with E-state index in [1.54, 1.807) is 39.2 Å². The highest BCUT2D eigenvalue weighted by atomic mass is 16.5. The minimum Gasteiger partial charge on any atom is -0.497 e. The summed E-state index contributed by atoms with van der Waals surface area (Å²) in [6.07, 6.45) is 0.400. The number of hydrogen-bond donors (Lipinski definition) is 1. The van der Waals surface area contributed by atoms with Gasteiger partial charge in [-0.25, -0.2) is 0 Å². The summed E-state index contributed by atoms with van der Waals surface area (Å²) in [5.74, 6) is 0.473. The molecule has 3 nitrogen and oxygen atoms in total. The van der Waals surface area contributed by atoms with Gasteiger partial charge in [0.25, 0.3) is 0 Å². The summed E-state index contributed by atoms with van der Waals surface area (Å²) in [7, 11) is 1.58. The van der Waals surface area contributed by atoms with Crippen molar-refractivity contribution in [1.82, 2.24) is 0 Å². The van der Waals surface area contributed by atoms with Crippen molar-refractivity contribution < 1.29 is 14.6 Å². The van der Waals surface area contributed by atoms with Gasteiger partial charge in [0, 0.05) is 5.56 Å². The van der Waals surface area contributed by atoms with E-state index in [1.807, 2.05) is 6.92 Å². The molecule has 88 valence electrons. The zero-order valence-electron chi connectivity index (χ0n) is 10.2. The Morgan fingerprint density at radius 1 is 1.50 bits per heavy atom. The van der Waals surface area contributed by atoms with Crippen LogP contribution in [0.5, 0.6) is 5.75 Å². The highest BCUT2D eigenvalue weighted by Gasteiger charge is 2.29. The van der Waals surface area contributed by atoms with Crippen LogP contribution in [0.1, 0.15) is 36.2 Å². The van der Waals surface area contributed by atoms with Crippen LogP contribution in [-0.2, 0) is 0 Å². The molecule has 0 aliphatic heterocycles. The molecule has 16 heavy (non-hydrogen) atoms. The Hall–Kier alpha value is -1.35. The molecule has 0 bridgehead atoms. The van der Waals surface area contributed by atoms with Gasteiger partial charge in [0.15, 0.2) is 5.78 Å². The minimum atomic E-state index is -1.29. The van der Waals surface area contributed by atoms with Crippen molar-refractivity contribution in [2.75, 3.05) is 7.11 Å². The summed E-state index contributed by atoms with van der Waals surface area (Å²) in [5, 5.41) is 9.92. The van der Waals surface area contributed by atoms with E-state index in [0.717, 1.165) is 5.56 Å². The topological polar surface area (TPSA) is 46.5 Å². The molecule has 0 saturated heterocycles. The summed E-state index contributed by atoms with van der Waals surface area (Å²) < 4.78 is 5.07. The lowest BCUT2D eigenvalue weighted by atomic mass is 9.90. The number of hydrogen-bond acceptors (Lipinski definition) is 3. The van der Waals surface area contributed by atoms with E-state index < -0.39 is 5.60 Å². The first kappa shape index (κ1) is 12.7. The van der Waals surface area contributed by atoms with E-state index in [1.165, 1.54) is 0 Å². The average Bonchev–Trinajstić information content (AvgIpc) is 2.28.